The van der Waals surface area contributed by atoms with E-state index in [2.05, 4.69) is 31.9 Å². The quantitative estimate of drug-likeness (QED) is 0.442. The Morgan fingerprint density at radius 1 is 1.23 bits per heavy atom. The lowest BCUT2D eigenvalue weighted by molar-refractivity contribution is -0.124. The van der Waals surface area contributed by atoms with Gasteiger partial charge in [0.05, 0.1) is 0 Å². The van der Waals surface area contributed by atoms with Gasteiger partial charge in [0.25, 0.3) is 0 Å². The number of alkyl halides is 2. The Kier molecular flexibility index (Phi) is 4.91. The van der Waals surface area contributed by atoms with Crippen molar-refractivity contribution in [3.8, 4) is 0 Å². The summed E-state index contributed by atoms with van der Waals surface area (Å²) in [5.74, 6) is 0. The van der Waals surface area contributed by atoms with Crippen molar-refractivity contribution in [2.75, 3.05) is 5.33 Å². The average Bonchev–Trinajstić information content (AvgIpc) is 2.01. The smallest absolute Gasteiger partial charge is 0.247 e. The molecule has 0 radical (unpaired) electrons. The first-order valence-corrected chi connectivity index (χ1v) is 6.02. The standard InChI is InChI=1S/C7H8Br2Cl2O2/c1-6(2,3-8)7(9,4(10)12)5(11)13/h3H2,1-2H3. The predicted molar refractivity (Wildman–Crippen MR) is 61.0 cm³/mol. The molecule has 0 aromatic rings. The van der Waals surface area contributed by atoms with Crippen LogP contribution in [0, 0.1) is 5.41 Å². The Hall–Kier alpha value is 0.880. The van der Waals surface area contributed by atoms with Gasteiger partial charge in [-0.25, -0.2) is 0 Å². The molecule has 0 bridgehead atoms. The molecule has 0 saturated carbocycles. The summed E-state index contributed by atoms with van der Waals surface area (Å²) in [7, 11) is 0. The average molecular weight is 355 g/mol. The summed E-state index contributed by atoms with van der Waals surface area (Å²) in [6.45, 7) is 3.41. The van der Waals surface area contributed by atoms with E-state index in [4.69, 9.17) is 23.2 Å². The minimum Gasteiger partial charge on any atom is -0.279 e. The second-order valence-corrected chi connectivity index (χ2v) is 5.66. The number of hydrogen-bond donors (Lipinski definition) is 0. The normalized spacial score (nSPS) is 12.8. The van der Waals surface area contributed by atoms with Gasteiger partial charge in [0.15, 0.2) is 4.32 Å². The first-order valence-electron chi connectivity index (χ1n) is 3.35. The fourth-order valence-corrected chi connectivity index (χ4v) is 2.37. The molecule has 6 heteroatoms. The van der Waals surface area contributed by atoms with Crippen LogP contribution in [0.25, 0.3) is 0 Å². The molecule has 0 spiro atoms. The van der Waals surface area contributed by atoms with Crippen LogP contribution in [0.3, 0.4) is 0 Å². The summed E-state index contributed by atoms with van der Waals surface area (Å²) < 4.78 is -1.54. The van der Waals surface area contributed by atoms with Crippen LogP contribution in [0.4, 0.5) is 0 Å². The SMILES string of the molecule is CC(C)(CBr)C(Br)(C(=O)Cl)C(=O)Cl. The van der Waals surface area contributed by atoms with Crippen molar-refractivity contribution >= 4 is 65.5 Å². The van der Waals surface area contributed by atoms with Crippen LogP contribution in [0.2, 0.25) is 0 Å². The Bertz CT molecular complexity index is 227. The van der Waals surface area contributed by atoms with E-state index in [-0.39, 0.29) is 0 Å². The molecule has 0 saturated heterocycles. The van der Waals surface area contributed by atoms with Gasteiger partial charge in [-0.1, -0.05) is 45.7 Å². The summed E-state index contributed by atoms with van der Waals surface area (Å²) in [6.07, 6.45) is 0. The van der Waals surface area contributed by atoms with Gasteiger partial charge in [-0.3, -0.25) is 9.59 Å². The molecular formula is C7H8Br2Cl2O2. The van der Waals surface area contributed by atoms with E-state index >= 15 is 0 Å². The topological polar surface area (TPSA) is 34.1 Å². The zero-order valence-electron chi connectivity index (χ0n) is 7.04. The molecule has 0 amide bonds. The molecule has 0 unspecified atom stereocenters. The van der Waals surface area contributed by atoms with Crippen LogP contribution < -0.4 is 0 Å². The highest BCUT2D eigenvalue weighted by atomic mass is 79.9. The molecule has 0 aromatic carbocycles. The van der Waals surface area contributed by atoms with Crippen molar-refractivity contribution in [1.82, 2.24) is 0 Å². The molecule has 0 aliphatic carbocycles. The lowest BCUT2D eigenvalue weighted by atomic mass is 9.82. The van der Waals surface area contributed by atoms with Crippen molar-refractivity contribution < 1.29 is 9.59 Å². The third-order valence-electron chi connectivity index (χ3n) is 1.81. The lowest BCUT2D eigenvalue weighted by Gasteiger charge is -2.35. The number of hydrogen-bond acceptors (Lipinski definition) is 2. The van der Waals surface area contributed by atoms with Gasteiger partial charge in [-0.15, -0.1) is 0 Å². The fourth-order valence-electron chi connectivity index (χ4n) is 0.701. The van der Waals surface area contributed by atoms with Gasteiger partial charge in [0.1, 0.15) is 0 Å². The predicted octanol–water partition coefficient (Wildman–Crippen LogP) is 3.07. The summed E-state index contributed by atoms with van der Waals surface area (Å²) in [5, 5.41) is -1.20. The van der Waals surface area contributed by atoms with Crippen LogP contribution in [-0.2, 0) is 9.59 Å². The Labute approximate surface area is 104 Å². The van der Waals surface area contributed by atoms with E-state index in [1.165, 1.54) is 0 Å². The monoisotopic (exact) mass is 352 g/mol. The number of rotatable bonds is 4. The van der Waals surface area contributed by atoms with Crippen molar-refractivity contribution in [3.05, 3.63) is 0 Å². The van der Waals surface area contributed by atoms with E-state index in [1.54, 1.807) is 13.8 Å². The second kappa shape index (κ2) is 4.60. The van der Waals surface area contributed by atoms with Gasteiger partial charge >= 0.3 is 0 Å². The summed E-state index contributed by atoms with van der Waals surface area (Å²) in [4.78, 5) is 22.2. The van der Waals surface area contributed by atoms with Crippen LogP contribution in [0.15, 0.2) is 0 Å². The van der Waals surface area contributed by atoms with E-state index in [0.29, 0.717) is 5.33 Å². The van der Waals surface area contributed by atoms with E-state index < -0.39 is 20.2 Å². The van der Waals surface area contributed by atoms with Crippen molar-refractivity contribution in [3.63, 3.8) is 0 Å². The molecule has 13 heavy (non-hydrogen) atoms. The Morgan fingerprint density at radius 3 is 1.62 bits per heavy atom. The zero-order chi connectivity index (χ0) is 10.9. The maximum absolute atomic E-state index is 11.1. The minimum absolute atomic E-state index is 0.419. The van der Waals surface area contributed by atoms with E-state index in [9.17, 15) is 9.59 Å². The van der Waals surface area contributed by atoms with Gasteiger partial charge in [-0.05, 0) is 23.2 Å². The molecule has 0 aliphatic heterocycles. The van der Waals surface area contributed by atoms with Gasteiger partial charge in [-0.2, -0.15) is 0 Å². The highest BCUT2D eigenvalue weighted by Gasteiger charge is 2.53. The van der Waals surface area contributed by atoms with Crippen LogP contribution >= 0.6 is 55.1 Å². The first-order chi connectivity index (χ1) is 5.70. The van der Waals surface area contributed by atoms with E-state index in [0.717, 1.165) is 0 Å². The zero-order valence-corrected chi connectivity index (χ0v) is 11.7. The summed E-state index contributed by atoms with van der Waals surface area (Å²) >= 11 is 16.9. The van der Waals surface area contributed by atoms with Crippen LogP contribution in [-0.4, -0.2) is 20.1 Å². The molecule has 0 N–H and O–H groups in total. The van der Waals surface area contributed by atoms with Crippen LogP contribution in [0.1, 0.15) is 13.8 Å². The molecule has 0 heterocycles. The molecule has 0 rings (SSSR count). The maximum atomic E-state index is 11.1. The van der Waals surface area contributed by atoms with Gasteiger partial charge in [0.2, 0.25) is 10.5 Å². The molecule has 76 valence electrons. The van der Waals surface area contributed by atoms with Crippen molar-refractivity contribution in [1.29, 1.82) is 0 Å². The number of carbonyl (C=O) groups is 2. The van der Waals surface area contributed by atoms with Gasteiger partial charge < -0.3 is 0 Å². The molecule has 0 aromatic heterocycles. The third kappa shape index (κ3) is 2.46. The van der Waals surface area contributed by atoms with Crippen molar-refractivity contribution in [2.45, 2.75) is 18.2 Å². The fraction of sp³-hybridized carbons (Fsp3) is 0.714. The Balaban J connectivity index is 5.26. The van der Waals surface area contributed by atoms with E-state index in [1.807, 2.05) is 0 Å². The molecule has 2 nitrogen and oxygen atoms in total. The van der Waals surface area contributed by atoms with Crippen LogP contribution in [0.5, 0.6) is 0 Å². The Morgan fingerprint density at radius 2 is 1.54 bits per heavy atom. The first kappa shape index (κ1) is 13.9. The summed E-state index contributed by atoms with van der Waals surface area (Å²) in [5.41, 5.74) is -0.690. The minimum atomic E-state index is -1.54. The lowest BCUT2D eigenvalue weighted by Crippen LogP contribution is -2.49. The maximum Gasteiger partial charge on any atom is 0.247 e. The number of halogens is 4. The second-order valence-electron chi connectivity index (χ2n) is 3.22. The highest BCUT2D eigenvalue weighted by Crippen LogP contribution is 2.43. The molecule has 0 fully saturated rings. The largest absolute Gasteiger partial charge is 0.279 e. The molecular weight excluding hydrogens is 347 g/mol. The third-order valence-corrected chi connectivity index (χ3v) is 6.03. The molecule has 0 aliphatic rings. The number of carbonyl (C=O) groups excluding carboxylic acids is 2. The molecule has 0 atom stereocenters. The summed E-state index contributed by atoms with van der Waals surface area (Å²) in [6, 6.07) is 0. The van der Waals surface area contributed by atoms with Gasteiger partial charge in [0, 0.05) is 10.7 Å². The van der Waals surface area contributed by atoms with Crippen molar-refractivity contribution in [2.24, 2.45) is 5.41 Å². The highest BCUT2D eigenvalue weighted by molar-refractivity contribution is 9.11.